The third kappa shape index (κ3) is 2.14. The average Bonchev–Trinajstić information content (AvgIpc) is 2.65. The molecule has 1 heterocycles. The lowest BCUT2D eigenvalue weighted by atomic mass is 9.96. The van der Waals surface area contributed by atoms with Crippen LogP contribution in [0.4, 0.5) is 0 Å². The maximum Gasteiger partial charge on any atom is 0.105 e. The summed E-state index contributed by atoms with van der Waals surface area (Å²) >= 11 is 0. The molecule has 3 nitrogen and oxygen atoms in total. The Morgan fingerprint density at radius 1 is 1.31 bits per heavy atom. The minimum Gasteiger partial charge on any atom is -0.384 e. The van der Waals surface area contributed by atoms with Crippen LogP contribution in [0.25, 0.3) is 0 Å². The van der Waals surface area contributed by atoms with Crippen molar-refractivity contribution in [1.29, 1.82) is 0 Å². The Hall–Kier alpha value is -1.61. The highest BCUT2D eigenvalue weighted by atomic mass is 16.3. The summed E-state index contributed by atoms with van der Waals surface area (Å²) in [7, 11) is 0. The molecule has 0 amide bonds. The summed E-state index contributed by atoms with van der Waals surface area (Å²) in [5, 5.41) is 10.4. The minimum absolute atomic E-state index is 0.517. The van der Waals surface area contributed by atoms with E-state index in [9.17, 15) is 5.11 Å². The predicted octanol–water partition coefficient (Wildman–Crippen LogP) is 2.10. The van der Waals surface area contributed by atoms with Gasteiger partial charge in [-0.25, -0.2) is 4.98 Å². The Morgan fingerprint density at radius 3 is 2.56 bits per heavy atom. The second-order valence-corrected chi connectivity index (χ2v) is 4.24. The SMILES string of the molecule is Cc1nccn1CC(C)(O)c1ccccc1. The first-order valence-corrected chi connectivity index (χ1v) is 5.35. The first-order chi connectivity index (χ1) is 7.59. The van der Waals surface area contributed by atoms with Crippen LogP contribution < -0.4 is 0 Å². The van der Waals surface area contributed by atoms with Crippen molar-refractivity contribution in [2.45, 2.75) is 26.0 Å². The van der Waals surface area contributed by atoms with E-state index in [1.165, 1.54) is 0 Å². The third-order valence-corrected chi connectivity index (χ3v) is 2.80. The number of aliphatic hydroxyl groups is 1. The third-order valence-electron chi connectivity index (χ3n) is 2.80. The quantitative estimate of drug-likeness (QED) is 0.853. The molecule has 0 radical (unpaired) electrons. The van der Waals surface area contributed by atoms with Crippen molar-refractivity contribution in [1.82, 2.24) is 9.55 Å². The Kier molecular flexibility index (Phi) is 2.79. The molecule has 1 aromatic carbocycles. The molecule has 0 fully saturated rings. The molecule has 0 saturated carbocycles. The van der Waals surface area contributed by atoms with Crippen LogP contribution in [0.5, 0.6) is 0 Å². The van der Waals surface area contributed by atoms with E-state index in [2.05, 4.69) is 4.98 Å². The molecule has 2 aromatic rings. The van der Waals surface area contributed by atoms with Gasteiger partial charge >= 0.3 is 0 Å². The van der Waals surface area contributed by atoms with Gasteiger partial charge in [0.05, 0.1) is 6.54 Å². The fourth-order valence-corrected chi connectivity index (χ4v) is 1.79. The van der Waals surface area contributed by atoms with Crippen molar-refractivity contribution in [3.05, 3.63) is 54.1 Å². The summed E-state index contributed by atoms with van der Waals surface area (Å²) in [6.45, 7) is 4.27. The first-order valence-electron chi connectivity index (χ1n) is 5.35. The van der Waals surface area contributed by atoms with Crippen LogP contribution in [0.1, 0.15) is 18.3 Å². The van der Waals surface area contributed by atoms with Gasteiger partial charge in [-0.05, 0) is 19.4 Å². The molecule has 1 aromatic heterocycles. The summed E-state index contributed by atoms with van der Waals surface area (Å²) in [5.74, 6) is 0.913. The second-order valence-electron chi connectivity index (χ2n) is 4.24. The molecule has 2 rings (SSSR count). The largest absolute Gasteiger partial charge is 0.384 e. The highest BCUT2D eigenvalue weighted by molar-refractivity contribution is 5.21. The smallest absolute Gasteiger partial charge is 0.105 e. The van der Waals surface area contributed by atoms with E-state index in [1.807, 2.05) is 54.9 Å². The van der Waals surface area contributed by atoms with Crippen molar-refractivity contribution in [2.24, 2.45) is 0 Å². The molecular weight excluding hydrogens is 200 g/mol. The highest BCUT2D eigenvalue weighted by Crippen LogP contribution is 2.22. The van der Waals surface area contributed by atoms with E-state index in [0.29, 0.717) is 6.54 Å². The van der Waals surface area contributed by atoms with Gasteiger partial charge in [0.25, 0.3) is 0 Å². The molecule has 84 valence electrons. The summed E-state index contributed by atoms with van der Waals surface area (Å²) in [6.07, 6.45) is 3.63. The van der Waals surface area contributed by atoms with Gasteiger partial charge in [0.15, 0.2) is 0 Å². The maximum atomic E-state index is 10.4. The Morgan fingerprint density at radius 2 is 2.00 bits per heavy atom. The van der Waals surface area contributed by atoms with Gasteiger partial charge in [-0.2, -0.15) is 0 Å². The fraction of sp³-hybridized carbons (Fsp3) is 0.308. The Labute approximate surface area is 95.4 Å². The van der Waals surface area contributed by atoms with Gasteiger partial charge in [-0.1, -0.05) is 30.3 Å². The lowest BCUT2D eigenvalue weighted by molar-refractivity contribution is 0.0376. The van der Waals surface area contributed by atoms with Gasteiger partial charge in [-0.15, -0.1) is 0 Å². The van der Waals surface area contributed by atoms with E-state index >= 15 is 0 Å². The van der Waals surface area contributed by atoms with Crippen LogP contribution in [0.2, 0.25) is 0 Å². The molecule has 1 N–H and O–H groups in total. The molecule has 1 atom stereocenters. The van der Waals surface area contributed by atoms with E-state index in [0.717, 1.165) is 11.4 Å². The van der Waals surface area contributed by atoms with Crippen LogP contribution in [-0.4, -0.2) is 14.7 Å². The zero-order valence-electron chi connectivity index (χ0n) is 9.59. The van der Waals surface area contributed by atoms with Crippen LogP contribution in [-0.2, 0) is 12.1 Å². The van der Waals surface area contributed by atoms with E-state index in [1.54, 1.807) is 6.20 Å². The number of aromatic nitrogens is 2. The molecule has 0 bridgehead atoms. The van der Waals surface area contributed by atoms with E-state index in [-0.39, 0.29) is 0 Å². The zero-order valence-corrected chi connectivity index (χ0v) is 9.59. The van der Waals surface area contributed by atoms with Gasteiger partial charge in [0, 0.05) is 12.4 Å². The van der Waals surface area contributed by atoms with Gasteiger partial charge < -0.3 is 9.67 Å². The summed E-state index contributed by atoms with van der Waals surface area (Å²) in [4.78, 5) is 4.15. The number of hydrogen-bond acceptors (Lipinski definition) is 2. The van der Waals surface area contributed by atoms with E-state index < -0.39 is 5.60 Å². The molecule has 0 saturated heterocycles. The van der Waals surface area contributed by atoms with Gasteiger partial charge in [0.1, 0.15) is 11.4 Å². The standard InChI is InChI=1S/C13H16N2O/c1-11-14-8-9-15(11)10-13(2,16)12-6-4-3-5-7-12/h3-9,16H,10H2,1-2H3. The lowest BCUT2D eigenvalue weighted by Crippen LogP contribution is -2.27. The highest BCUT2D eigenvalue weighted by Gasteiger charge is 2.23. The molecule has 16 heavy (non-hydrogen) atoms. The van der Waals surface area contributed by atoms with Crippen molar-refractivity contribution in [3.63, 3.8) is 0 Å². The van der Waals surface area contributed by atoms with Crippen LogP contribution >= 0.6 is 0 Å². The van der Waals surface area contributed by atoms with Crippen LogP contribution in [0.15, 0.2) is 42.7 Å². The zero-order chi connectivity index (χ0) is 11.6. The van der Waals surface area contributed by atoms with Crippen molar-refractivity contribution in [2.75, 3.05) is 0 Å². The number of rotatable bonds is 3. The number of benzene rings is 1. The van der Waals surface area contributed by atoms with Gasteiger partial charge in [0.2, 0.25) is 0 Å². The monoisotopic (exact) mass is 216 g/mol. The van der Waals surface area contributed by atoms with E-state index in [4.69, 9.17) is 0 Å². The van der Waals surface area contributed by atoms with Crippen LogP contribution in [0, 0.1) is 6.92 Å². The predicted molar refractivity (Wildman–Crippen MR) is 63.0 cm³/mol. The number of imidazole rings is 1. The normalized spacial score (nSPS) is 14.7. The summed E-state index contributed by atoms with van der Waals surface area (Å²) < 4.78 is 1.95. The molecule has 0 aliphatic rings. The summed E-state index contributed by atoms with van der Waals surface area (Å²) in [6, 6.07) is 9.69. The Bertz CT molecular complexity index is 460. The molecule has 0 aliphatic carbocycles. The second kappa shape index (κ2) is 4.10. The average molecular weight is 216 g/mol. The maximum absolute atomic E-state index is 10.4. The van der Waals surface area contributed by atoms with Crippen molar-refractivity contribution in [3.8, 4) is 0 Å². The Balaban J connectivity index is 2.24. The van der Waals surface area contributed by atoms with Crippen molar-refractivity contribution < 1.29 is 5.11 Å². The molecule has 0 aliphatic heterocycles. The molecule has 3 heteroatoms. The fourth-order valence-electron chi connectivity index (χ4n) is 1.79. The number of nitrogens with zero attached hydrogens (tertiary/aromatic N) is 2. The van der Waals surface area contributed by atoms with Crippen LogP contribution in [0.3, 0.4) is 0 Å². The van der Waals surface area contributed by atoms with Gasteiger partial charge in [-0.3, -0.25) is 0 Å². The lowest BCUT2D eigenvalue weighted by Gasteiger charge is -2.24. The first kappa shape index (κ1) is 10.9. The molecule has 0 spiro atoms. The summed E-state index contributed by atoms with van der Waals surface area (Å²) in [5.41, 5.74) is 0.0512. The number of aryl methyl sites for hydroxylation is 1. The topological polar surface area (TPSA) is 38.0 Å². The number of hydrogen-bond donors (Lipinski definition) is 1. The molecule has 1 unspecified atom stereocenters. The minimum atomic E-state index is -0.868. The van der Waals surface area contributed by atoms with Crippen molar-refractivity contribution >= 4 is 0 Å². The molecular formula is C13H16N2O.